The van der Waals surface area contributed by atoms with Gasteiger partial charge in [-0.15, -0.1) is 0 Å². The molecule has 1 aromatic carbocycles. The maximum Gasteiger partial charge on any atom is 0.142 e. The number of aromatic nitrogens is 3. The predicted octanol–water partition coefficient (Wildman–Crippen LogP) is 3.37. The molecule has 0 unspecified atom stereocenters. The summed E-state index contributed by atoms with van der Waals surface area (Å²) in [7, 11) is 0. The molecule has 3 N–H and O–H groups in total. The number of pyridine rings is 1. The van der Waals surface area contributed by atoms with Crippen LogP contribution in [0.25, 0.3) is 27.7 Å². The average Bonchev–Trinajstić information content (AvgIpc) is 3.02. The minimum absolute atomic E-state index is 0.540. The lowest BCUT2D eigenvalue weighted by atomic mass is 9.98. The van der Waals surface area contributed by atoms with Crippen LogP contribution in [0.4, 0.5) is 5.82 Å². The van der Waals surface area contributed by atoms with Gasteiger partial charge >= 0.3 is 0 Å². The Labute approximate surface area is 115 Å². The maximum atomic E-state index is 5.75. The molecule has 4 rings (SSSR count). The molecule has 3 aromatic heterocycles. The maximum absolute atomic E-state index is 5.75. The summed E-state index contributed by atoms with van der Waals surface area (Å²) in [5, 5.41) is 1.23. The van der Waals surface area contributed by atoms with Gasteiger partial charge in [0.1, 0.15) is 11.5 Å². The zero-order chi connectivity index (χ0) is 13.7. The quantitative estimate of drug-likeness (QED) is 0.552. The van der Waals surface area contributed by atoms with E-state index >= 15 is 0 Å². The molecular weight excluding hydrogens is 248 g/mol. The molecule has 98 valence electrons. The third-order valence-corrected chi connectivity index (χ3v) is 3.70. The Morgan fingerprint density at radius 1 is 1.10 bits per heavy atom. The number of anilines is 1. The van der Waals surface area contributed by atoms with Crippen LogP contribution in [0, 0.1) is 6.92 Å². The summed E-state index contributed by atoms with van der Waals surface area (Å²) >= 11 is 0. The van der Waals surface area contributed by atoms with Crippen LogP contribution in [-0.2, 0) is 0 Å². The fraction of sp³-hybridized carbons (Fsp3) is 0.0625. The van der Waals surface area contributed by atoms with E-state index in [9.17, 15) is 0 Å². The van der Waals surface area contributed by atoms with Gasteiger partial charge in [0.25, 0.3) is 0 Å². The molecule has 4 heteroatoms. The number of imidazole rings is 1. The van der Waals surface area contributed by atoms with Crippen LogP contribution in [0.3, 0.4) is 0 Å². The summed E-state index contributed by atoms with van der Waals surface area (Å²) in [4.78, 5) is 7.52. The highest BCUT2D eigenvalue weighted by Gasteiger charge is 2.09. The molecule has 0 aliphatic rings. The molecule has 20 heavy (non-hydrogen) atoms. The second-order valence-electron chi connectivity index (χ2n) is 5.05. The van der Waals surface area contributed by atoms with Crippen LogP contribution in [0.15, 0.2) is 48.9 Å². The monoisotopic (exact) mass is 262 g/mol. The summed E-state index contributed by atoms with van der Waals surface area (Å²) in [6.45, 7) is 2.13. The molecule has 0 saturated heterocycles. The van der Waals surface area contributed by atoms with E-state index in [-0.39, 0.29) is 0 Å². The van der Waals surface area contributed by atoms with E-state index < -0.39 is 0 Å². The van der Waals surface area contributed by atoms with Gasteiger partial charge in [-0.2, -0.15) is 0 Å². The minimum atomic E-state index is 0.540. The summed E-state index contributed by atoms with van der Waals surface area (Å²) in [6, 6.07) is 10.5. The Morgan fingerprint density at radius 2 is 2.00 bits per heavy atom. The van der Waals surface area contributed by atoms with Crippen LogP contribution < -0.4 is 5.73 Å². The Balaban J connectivity index is 2.04. The normalized spacial score (nSPS) is 11.4. The van der Waals surface area contributed by atoms with Gasteiger partial charge in [0.15, 0.2) is 0 Å². The van der Waals surface area contributed by atoms with Crippen molar-refractivity contribution < 1.29 is 0 Å². The van der Waals surface area contributed by atoms with Crippen molar-refractivity contribution in [2.24, 2.45) is 0 Å². The van der Waals surface area contributed by atoms with Crippen LogP contribution in [0.2, 0.25) is 0 Å². The molecule has 4 aromatic rings. The van der Waals surface area contributed by atoms with Crippen molar-refractivity contribution in [3.8, 4) is 11.1 Å². The first-order valence-corrected chi connectivity index (χ1v) is 6.54. The fourth-order valence-corrected chi connectivity index (χ4v) is 2.78. The van der Waals surface area contributed by atoms with Crippen LogP contribution in [-0.4, -0.2) is 14.4 Å². The summed E-state index contributed by atoms with van der Waals surface area (Å²) in [5.41, 5.74) is 11.4. The van der Waals surface area contributed by atoms with E-state index in [1.54, 1.807) is 0 Å². The fourth-order valence-electron chi connectivity index (χ4n) is 2.78. The molecule has 0 radical (unpaired) electrons. The summed E-state index contributed by atoms with van der Waals surface area (Å²) in [6.07, 6.45) is 5.89. The van der Waals surface area contributed by atoms with Gasteiger partial charge in [-0.3, -0.25) is 0 Å². The van der Waals surface area contributed by atoms with E-state index in [0.29, 0.717) is 5.82 Å². The molecule has 0 spiro atoms. The number of rotatable bonds is 1. The molecule has 0 saturated carbocycles. The first-order valence-electron chi connectivity index (χ1n) is 6.54. The van der Waals surface area contributed by atoms with Crippen molar-refractivity contribution in [3.63, 3.8) is 0 Å². The van der Waals surface area contributed by atoms with Gasteiger partial charge in [-0.25, -0.2) is 4.98 Å². The summed E-state index contributed by atoms with van der Waals surface area (Å²) in [5.74, 6) is 0.540. The van der Waals surface area contributed by atoms with Crippen LogP contribution in [0.1, 0.15) is 5.56 Å². The first kappa shape index (κ1) is 11.1. The molecule has 3 heterocycles. The Morgan fingerprint density at radius 3 is 2.90 bits per heavy atom. The second-order valence-corrected chi connectivity index (χ2v) is 5.05. The molecule has 0 bridgehead atoms. The zero-order valence-corrected chi connectivity index (χ0v) is 11.1. The number of nitrogens with zero attached hydrogens (tertiary/aromatic N) is 2. The van der Waals surface area contributed by atoms with E-state index in [1.807, 2.05) is 22.9 Å². The standard InChI is InChI=1S/C16H14N4/c1-10-2-4-13-12(6-7-18-13)16(10)11-3-5-15-19-14(17)9-20(15)8-11/h2-9,18H,17H2,1H3. The highest BCUT2D eigenvalue weighted by Crippen LogP contribution is 2.31. The SMILES string of the molecule is Cc1ccc2[nH]ccc2c1-c1ccc2nc(N)cn2c1. The Hall–Kier alpha value is -2.75. The third-order valence-electron chi connectivity index (χ3n) is 3.70. The number of hydrogen-bond acceptors (Lipinski definition) is 2. The van der Waals surface area contributed by atoms with Gasteiger partial charge < -0.3 is 15.1 Å². The van der Waals surface area contributed by atoms with Gasteiger partial charge in [-0.05, 0) is 47.9 Å². The lowest BCUT2D eigenvalue weighted by Crippen LogP contribution is -1.89. The van der Waals surface area contributed by atoms with Crippen molar-refractivity contribution in [2.75, 3.05) is 5.73 Å². The molecule has 0 aliphatic carbocycles. The number of H-pyrrole nitrogens is 1. The van der Waals surface area contributed by atoms with Gasteiger partial charge in [-0.1, -0.05) is 6.07 Å². The van der Waals surface area contributed by atoms with Crippen molar-refractivity contribution in [1.29, 1.82) is 0 Å². The van der Waals surface area contributed by atoms with Gasteiger partial charge in [0.2, 0.25) is 0 Å². The van der Waals surface area contributed by atoms with Crippen molar-refractivity contribution in [3.05, 3.63) is 54.5 Å². The number of benzene rings is 1. The predicted molar refractivity (Wildman–Crippen MR) is 81.6 cm³/mol. The molecule has 4 nitrogen and oxygen atoms in total. The largest absolute Gasteiger partial charge is 0.382 e. The molecule has 0 atom stereocenters. The van der Waals surface area contributed by atoms with E-state index in [4.69, 9.17) is 5.73 Å². The number of aromatic amines is 1. The van der Waals surface area contributed by atoms with Gasteiger partial charge in [0.05, 0.1) is 6.20 Å². The highest BCUT2D eigenvalue weighted by atomic mass is 15.0. The number of nitrogens with two attached hydrogens (primary N) is 1. The van der Waals surface area contributed by atoms with Crippen LogP contribution >= 0.6 is 0 Å². The Kier molecular flexibility index (Phi) is 2.15. The van der Waals surface area contributed by atoms with Crippen LogP contribution in [0.5, 0.6) is 0 Å². The van der Waals surface area contributed by atoms with E-state index in [0.717, 1.165) is 16.7 Å². The highest BCUT2D eigenvalue weighted by molar-refractivity contribution is 5.96. The van der Waals surface area contributed by atoms with Crippen molar-refractivity contribution in [1.82, 2.24) is 14.4 Å². The lowest BCUT2D eigenvalue weighted by molar-refractivity contribution is 1.19. The van der Waals surface area contributed by atoms with Crippen molar-refractivity contribution >= 4 is 22.4 Å². The van der Waals surface area contributed by atoms with Gasteiger partial charge in [0, 0.05) is 23.3 Å². The second kappa shape index (κ2) is 3.87. The lowest BCUT2D eigenvalue weighted by Gasteiger charge is -2.08. The van der Waals surface area contributed by atoms with E-state index in [1.165, 1.54) is 16.5 Å². The summed E-state index contributed by atoms with van der Waals surface area (Å²) < 4.78 is 1.97. The topological polar surface area (TPSA) is 59.1 Å². The van der Waals surface area contributed by atoms with E-state index in [2.05, 4.69) is 47.4 Å². The first-order chi connectivity index (χ1) is 9.72. The number of nitrogen functional groups attached to an aromatic ring is 1. The molecule has 0 aliphatic heterocycles. The minimum Gasteiger partial charge on any atom is -0.382 e. The molecule has 0 amide bonds. The number of hydrogen-bond donors (Lipinski definition) is 2. The number of aryl methyl sites for hydroxylation is 1. The number of nitrogens with one attached hydrogen (secondary N) is 1. The molecular formula is C16H14N4. The molecule has 0 fully saturated rings. The van der Waals surface area contributed by atoms with Crippen molar-refractivity contribution in [2.45, 2.75) is 6.92 Å². The smallest absolute Gasteiger partial charge is 0.142 e. The third kappa shape index (κ3) is 1.51. The Bertz CT molecular complexity index is 930. The average molecular weight is 262 g/mol. The number of fused-ring (bicyclic) bond motifs is 2. The zero-order valence-electron chi connectivity index (χ0n) is 11.1.